The van der Waals surface area contributed by atoms with Crippen LogP contribution >= 0.6 is 0 Å². The van der Waals surface area contributed by atoms with Gasteiger partial charge in [-0.05, 0) is 19.8 Å². The van der Waals surface area contributed by atoms with Crippen LogP contribution in [0.4, 0.5) is 0 Å². The molecule has 3 N–H and O–H groups in total. The van der Waals surface area contributed by atoms with E-state index in [0.717, 1.165) is 12.8 Å². The first-order valence-electron chi connectivity index (χ1n) is 5.53. The third kappa shape index (κ3) is 3.81. The Morgan fingerprint density at radius 1 is 1.31 bits per heavy atom. The van der Waals surface area contributed by atoms with Gasteiger partial charge in [-0.25, -0.2) is 0 Å². The number of carboxylic acid groups (broad SMARTS) is 1. The predicted octanol–water partition coefficient (Wildman–Crippen LogP) is 0.622. The minimum Gasteiger partial charge on any atom is -0.481 e. The van der Waals surface area contributed by atoms with Crippen molar-refractivity contribution in [1.82, 2.24) is 5.32 Å². The summed E-state index contributed by atoms with van der Waals surface area (Å²) < 4.78 is 0. The van der Waals surface area contributed by atoms with Gasteiger partial charge in [-0.3, -0.25) is 9.59 Å². The van der Waals surface area contributed by atoms with E-state index in [-0.39, 0.29) is 12.0 Å². The smallest absolute Gasteiger partial charge is 0.315 e. The highest BCUT2D eigenvalue weighted by Crippen LogP contribution is 2.24. The first-order chi connectivity index (χ1) is 7.42. The average Bonchev–Trinajstić information content (AvgIpc) is 2.30. The van der Waals surface area contributed by atoms with E-state index in [4.69, 9.17) is 5.11 Å². The maximum absolute atomic E-state index is 11.4. The summed E-state index contributed by atoms with van der Waals surface area (Å²) in [4.78, 5) is 22.0. The van der Waals surface area contributed by atoms with E-state index < -0.39 is 17.8 Å². The zero-order valence-electron chi connectivity index (χ0n) is 10.1. The largest absolute Gasteiger partial charge is 0.481 e. The Morgan fingerprint density at radius 3 is 2.12 bits per heavy atom. The van der Waals surface area contributed by atoms with Crippen molar-refractivity contribution in [3.63, 3.8) is 0 Å². The number of carboxylic acids is 1. The van der Waals surface area contributed by atoms with Crippen LogP contribution in [-0.2, 0) is 9.59 Å². The van der Waals surface area contributed by atoms with Gasteiger partial charge in [0.15, 0.2) is 0 Å². The van der Waals surface area contributed by atoms with Crippen LogP contribution in [0.1, 0.15) is 33.6 Å². The zero-order valence-corrected chi connectivity index (χ0v) is 10.1. The fraction of sp³-hybridized carbons (Fsp3) is 0.818. The van der Waals surface area contributed by atoms with Crippen molar-refractivity contribution in [2.24, 2.45) is 11.3 Å². The number of aliphatic hydroxyl groups excluding tert-OH is 1. The molecule has 0 aliphatic rings. The molecule has 0 saturated carbocycles. The second-order valence-electron chi connectivity index (χ2n) is 4.14. The fourth-order valence-corrected chi connectivity index (χ4v) is 1.32. The molecule has 5 heteroatoms. The van der Waals surface area contributed by atoms with Crippen molar-refractivity contribution < 1.29 is 19.8 Å². The Hall–Kier alpha value is -1.10. The molecule has 0 heterocycles. The molecule has 0 aromatic heterocycles. The number of aliphatic hydroxyl groups is 1. The van der Waals surface area contributed by atoms with Gasteiger partial charge in [0.1, 0.15) is 5.92 Å². The van der Waals surface area contributed by atoms with Crippen LogP contribution in [0.3, 0.4) is 0 Å². The van der Waals surface area contributed by atoms with Crippen LogP contribution in [-0.4, -0.2) is 35.2 Å². The molecule has 0 aromatic rings. The molecule has 94 valence electrons. The number of aliphatic carboxylic acids is 1. The molecule has 0 spiro atoms. The third-order valence-electron chi connectivity index (χ3n) is 3.24. The lowest BCUT2D eigenvalue weighted by molar-refractivity contribution is -0.146. The monoisotopic (exact) mass is 231 g/mol. The normalized spacial score (nSPS) is 13.2. The van der Waals surface area contributed by atoms with Gasteiger partial charge in [0.2, 0.25) is 5.91 Å². The van der Waals surface area contributed by atoms with Crippen LogP contribution in [0.5, 0.6) is 0 Å². The second kappa shape index (κ2) is 6.48. The molecule has 0 radical (unpaired) electrons. The Morgan fingerprint density at radius 2 is 1.81 bits per heavy atom. The van der Waals surface area contributed by atoms with Crippen LogP contribution < -0.4 is 5.32 Å². The molecular weight excluding hydrogens is 210 g/mol. The summed E-state index contributed by atoms with van der Waals surface area (Å²) >= 11 is 0. The van der Waals surface area contributed by atoms with E-state index in [1.54, 1.807) is 0 Å². The molecule has 5 nitrogen and oxygen atoms in total. The number of hydrogen-bond acceptors (Lipinski definition) is 3. The van der Waals surface area contributed by atoms with Crippen LogP contribution in [0.15, 0.2) is 0 Å². The minimum absolute atomic E-state index is 0.0122. The maximum atomic E-state index is 11.4. The van der Waals surface area contributed by atoms with Crippen LogP contribution in [0.2, 0.25) is 0 Å². The molecule has 16 heavy (non-hydrogen) atoms. The standard InChI is InChI=1S/C11H21NO4/c1-4-11(5-2,7-13)6-12-9(14)8(3)10(15)16/h8,13H,4-7H2,1-3H3,(H,12,14)(H,15,16). The van der Waals surface area contributed by atoms with E-state index in [1.165, 1.54) is 6.92 Å². The third-order valence-corrected chi connectivity index (χ3v) is 3.24. The Labute approximate surface area is 95.9 Å². The number of nitrogens with one attached hydrogen (secondary N) is 1. The highest BCUT2D eigenvalue weighted by molar-refractivity contribution is 5.96. The first-order valence-corrected chi connectivity index (χ1v) is 5.53. The summed E-state index contributed by atoms with van der Waals surface area (Å²) in [7, 11) is 0. The van der Waals surface area contributed by atoms with Crippen molar-refractivity contribution >= 4 is 11.9 Å². The van der Waals surface area contributed by atoms with Gasteiger partial charge in [-0.15, -0.1) is 0 Å². The summed E-state index contributed by atoms with van der Waals surface area (Å²) in [6.07, 6.45) is 1.48. The topological polar surface area (TPSA) is 86.6 Å². The lowest BCUT2D eigenvalue weighted by Crippen LogP contribution is -2.42. The van der Waals surface area contributed by atoms with E-state index in [1.807, 2.05) is 13.8 Å². The van der Waals surface area contributed by atoms with Crippen molar-refractivity contribution in [3.8, 4) is 0 Å². The quantitative estimate of drug-likeness (QED) is 0.561. The number of rotatable bonds is 7. The molecule has 0 aliphatic heterocycles. The molecule has 1 unspecified atom stereocenters. The summed E-state index contributed by atoms with van der Waals surface area (Å²) in [6, 6.07) is 0. The summed E-state index contributed by atoms with van der Waals surface area (Å²) in [5.74, 6) is -2.70. The van der Waals surface area contributed by atoms with Crippen LogP contribution in [0, 0.1) is 11.3 Å². The molecule has 0 fully saturated rings. The van der Waals surface area contributed by atoms with Gasteiger partial charge >= 0.3 is 5.97 Å². The highest BCUT2D eigenvalue weighted by atomic mass is 16.4. The average molecular weight is 231 g/mol. The van der Waals surface area contributed by atoms with Crippen molar-refractivity contribution in [1.29, 1.82) is 0 Å². The van der Waals surface area contributed by atoms with Gasteiger partial charge in [-0.1, -0.05) is 13.8 Å². The van der Waals surface area contributed by atoms with E-state index in [9.17, 15) is 14.7 Å². The lowest BCUT2D eigenvalue weighted by atomic mass is 9.83. The van der Waals surface area contributed by atoms with Crippen LogP contribution in [0.25, 0.3) is 0 Å². The Bertz CT molecular complexity index is 240. The second-order valence-corrected chi connectivity index (χ2v) is 4.14. The van der Waals surface area contributed by atoms with Gasteiger partial charge in [0.05, 0.1) is 6.61 Å². The highest BCUT2D eigenvalue weighted by Gasteiger charge is 2.28. The lowest BCUT2D eigenvalue weighted by Gasteiger charge is -2.29. The fourth-order valence-electron chi connectivity index (χ4n) is 1.32. The predicted molar refractivity (Wildman–Crippen MR) is 59.9 cm³/mol. The van der Waals surface area contributed by atoms with E-state index in [0.29, 0.717) is 6.54 Å². The number of carbonyl (C=O) groups is 2. The van der Waals surface area contributed by atoms with Gasteiger partial charge in [-0.2, -0.15) is 0 Å². The summed E-state index contributed by atoms with van der Waals surface area (Å²) in [6.45, 7) is 5.52. The van der Waals surface area contributed by atoms with Crippen molar-refractivity contribution in [3.05, 3.63) is 0 Å². The van der Waals surface area contributed by atoms with Crippen molar-refractivity contribution in [2.75, 3.05) is 13.2 Å². The van der Waals surface area contributed by atoms with Gasteiger partial charge in [0, 0.05) is 12.0 Å². The number of carbonyl (C=O) groups excluding carboxylic acids is 1. The molecule has 0 aromatic carbocycles. The SMILES string of the molecule is CCC(CC)(CO)CNC(=O)C(C)C(=O)O. The molecule has 0 saturated heterocycles. The van der Waals surface area contributed by atoms with Crippen molar-refractivity contribution in [2.45, 2.75) is 33.6 Å². The van der Waals surface area contributed by atoms with Gasteiger partial charge < -0.3 is 15.5 Å². The molecule has 0 bridgehead atoms. The Balaban J connectivity index is 4.32. The molecule has 1 amide bonds. The van der Waals surface area contributed by atoms with E-state index >= 15 is 0 Å². The number of hydrogen-bond donors (Lipinski definition) is 3. The number of amides is 1. The molecular formula is C11H21NO4. The molecule has 0 aliphatic carbocycles. The minimum atomic E-state index is -1.14. The van der Waals surface area contributed by atoms with Gasteiger partial charge in [0.25, 0.3) is 0 Å². The summed E-state index contributed by atoms with van der Waals surface area (Å²) in [5, 5.41) is 20.5. The zero-order chi connectivity index (χ0) is 12.8. The first kappa shape index (κ1) is 14.9. The van der Waals surface area contributed by atoms with E-state index in [2.05, 4.69) is 5.32 Å². The molecule has 1 atom stereocenters. The summed E-state index contributed by atoms with van der Waals surface area (Å²) in [5.41, 5.74) is -0.339. The maximum Gasteiger partial charge on any atom is 0.315 e. The Kier molecular flexibility index (Phi) is 6.03. The molecule has 0 rings (SSSR count).